The van der Waals surface area contributed by atoms with Crippen LogP contribution in [0.4, 0.5) is 11.4 Å². The van der Waals surface area contributed by atoms with E-state index in [-0.39, 0.29) is 5.56 Å². The van der Waals surface area contributed by atoms with E-state index in [1.165, 1.54) is 0 Å². The normalized spacial score (nSPS) is 10.6. The molecule has 2 N–H and O–H groups in total. The molecule has 0 aliphatic heterocycles. The maximum atomic E-state index is 12.6. The number of amides is 2. The summed E-state index contributed by atoms with van der Waals surface area (Å²) in [7, 11) is 3.93. The Morgan fingerprint density at radius 3 is 2.17 bits per heavy atom. The van der Waals surface area contributed by atoms with Crippen LogP contribution in [0.1, 0.15) is 26.3 Å². The summed E-state index contributed by atoms with van der Waals surface area (Å²) < 4.78 is 0. The predicted octanol–water partition coefficient (Wildman–Crippen LogP) is 4.42. The van der Waals surface area contributed by atoms with Crippen molar-refractivity contribution in [2.24, 2.45) is 5.10 Å². The lowest BCUT2D eigenvalue weighted by molar-refractivity contribution is 0.0956. The molecule has 7 heteroatoms. The summed E-state index contributed by atoms with van der Waals surface area (Å²) in [5.41, 5.74) is 5.39. The standard InChI is InChI=1S/C23H21ClN4O2/c1-28(2)17-13-11-16(12-14-17)15-25-27-23(30)19-8-4-6-10-21(19)26-22(29)18-7-3-5-9-20(18)24/h3-15H,1-2H3,(H,26,29)(H,27,30)/b25-15+. The van der Waals surface area contributed by atoms with Crippen LogP contribution in [-0.4, -0.2) is 32.1 Å². The Hall–Kier alpha value is -3.64. The van der Waals surface area contributed by atoms with Gasteiger partial charge in [-0.25, -0.2) is 5.43 Å². The average Bonchev–Trinajstić information content (AvgIpc) is 2.74. The van der Waals surface area contributed by atoms with E-state index in [9.17, 15) is 9.59 Å². The number of carbonyl (C=O) groups excluding carboxylic acids is 2. The highest BCUT2D eigenvalue weighted by atomic mass is 35.5. The van der Waals surface area contributed by atoms with Gasteiger partial charge in [0, 0.05) is 19.8 Å². The van der Waals surface area contributed by atoms with Gasteiger partial charge in [-0.15, -0.1) is 0 Å². The second-order valence-corrected chi connectivity index (χ2v) is 7.07. The summed E-state index contributed by atoms with van der Waals surface area (Å²) in [5.74, 6) is -0.837. The van der Waals surface area contributed by atoms with Crippen molar-refractivity contribution in [2.45, 2.75) is 0 Å². The van der Waals surface area contributed by atoms with Crippen LogP contribution in [0.25, 0.3) is 0 Å². The van der Waals surface area contributed by atoms with Crippen molar-refractivity contribution < 1.29 is 9.59 Å². The van der Waals surface area contributed by atoms with Crippen LogP contribution >= 0.6 is 11.6 Å². The summed E-state index contributed by atoms with van der Waals surface area (Å²) in [4.78, 5) is 27.1. The van der Waals surface area contributed by atoms with E-state index in [0.29, 0.717) is 16.3 Å². The van der Waals surface area contributed by atoms with E-state index in [2.05, 4.69) is 15.8 Å². The number of anilines is 2. The zero-order valence-electron chi connectivity index (χ0n) is 16.6. The van der Waals surface area contributed by atoms with Crippen molar-refractivity contribution >= 4 is 41.0 Å². The fourth-order valence-electron chi connectivity index (χ4n) is 2.71. The van der Waals surface area contributed by atoms with Crippen molar-refractivity contribution in [1.29, 1.82) is 0 Å². The molecule has 0 saturated heterocycles. The molecule has 0 spiro atoms. The minimum Gasteiger partial charge on any atom is -0.378 e. The Balaban J connectivity index is 1.69. The second-order valence-electron chi connectivity index (χ2n) is 6.66. The molecule has 0 unspecified atom stereocenters. The molecule has 0 atom stereocenters. The zero-order valence-corrected chi connectivity index (χ0v) is 17.4. The molecule has 30 heavy (non-hydrogen) atoms. The van der Waals surface area contributed by atoms with E-state index in [1.54, 1.807) is 54.7 Å². The van der Waals surface area contributed by atoms with E-state index < -0.39 is 11.8 Å². The number of carbonyl (C=O) groups is 2. The smallest absolute Gasteiger partial charge is 0.273 e. The lowest BCUT2D eigenvalue weighted by atomic mass is 10.1. The summed E-state index contributed by atoms with van der Waals surface area (Å²) >= 11 is 6.08. The van der Waals surface area contributed by atoms with Crippen LogP contribution in [0.15, 0.2) is 77.9 Å². The molecular formula is C23H21ClN4O2. The van der Waals surface area contributed by atoms with Crippen molar-refractivity contribution in [3.63, 3.8) is 0 Å². The summed E-state index contributed by atoms with van der Waals surface area (Å²) in [5, 5.41) is 7.08. The number of halogens is 1. The molecule has 6 nitrogen and oxygen atoms in total. The van der Waals surface area contributed by atoms with E-state index >= 15 is 0 Å². The number of para-hydroxylation sites is 1. The first-order chi connectivity index (χ1) is 14.5. The maximum absolute atomic E-state index is 12.6. The van der Waals surface area contributed by atoms with E-state index in [1.807, 2.05) is 43.3 Å². The Morgan fingerprint density at radius 1 is 0.867 bits per heavy atom. The Morgan fingerprint density at radius 2 is 1.50 bits per heavy atom. The third kappa shape index (κ3) is 5.24. The Bertz CT molecular complexity index is 1080. The Kier molecular flexibility index (Phi) is 6.83. The van der Waals surface area contributed by atoms with Crippen molar-refractivity contribution in [1.82, 2.24) is 5.43 Å². The molecule has 0 aliphatic carbocycles. The number of rotatable bonds is 6. The maximum Gasteiger partial charge on any atom is 0.273 e. The topological polar surface area (TPSA) is 73.8 Å². The van der Waals surface area contributed by atoms with Gasteiger partial charge in [-0.3, -0.25) is 9.59 Å². The quantitative estimate of drug-likeness (QED) is 0.458. The van der Waals surface area contributed by atoms with Gasteiger partial charge in [-0.05, 0) is 42.0 Å². The van der Waals surface area contributed by atoms with Crippen molar-refractivity contribution in [2.75, 3.05) is 24.3 Å². The fourth-order valence-corrected chi connectivity index (χ4v) is 2.93. The van der Waals surface area contributed by atoms with Gasteiger partial charge in [0.25, 0.3) is 11.8 Å². The first-order valence-corrected chi connectivity index (χ1v) is 9.59. The second kappa shape index (κ2) is 9.71. The molecule has 2 amide bonds. The Labute approximate surface area is 180 Å². The van der Waals surface area contributed by atoms with Crippen LogP contribution in [-0.2, 0) is 0 Å². The molecule has 3 rings (SSSR count). The van der Waals surface area contributed by atoms with Gasteiger partial charge < -0.3 is 10.2 Å². The lowest BCUT2D eigenvalue weighted by Crippen LogP contribution is -2.21. The number of hydrogen-bond acceptors (Lipinski definition) is 4. The van der Waals surface area contributed by atoms with Gasteiger partial charge in [0.15, 0.2) is 0 Å². The number of hydrazone groups is 1. The van der Waals surface area contributed by atoms with Gasteiger partial charge in [-0.2, -0.15) is 5.10 Å². The third-order valence-electron chi connectivity index (χ3n) is 4.33. The van der Waals surface area contributed by atoms with Gasteiger partial charge in [0.05, 0.1) is 28.1 Å². The molecule has 0 heterocycles. The third-order valence-corrected chi connectivity index (χ3v) is 4.66. The largest absolute Gasteiger partial charge is 0.378 e. The molecule has 0 bridgehead atoms. The highest BCUT2D eigenvalue weighted by molar-refractivity contribution is 6.34. The molecule has 3 aromatic rings. The minimum absolute atomic E-state index is 0.290. The number of benzene rings is 3. The highest BCUT2D eigenvalue weighted by Crippen LogP contribution is 2.20. The van der Waals surface area contributed by atoms with Crippen LogP contribution in [0.2, 0.25) is 5.02 Å². The van der Waals surface area contributed by atoms with Gasteiger partial charge >= 0.3 is 0 Å². The SMILES string of the molecule is CN(C)c1ccc(/C=N/NC(=O)c2ccccc2NC(=O)c2ccccc2Cl)cc1. The molecular weight excluding hydrogens is 400 g/mol. The zero-order chi connectivity index (χ0) is 21.5. The first-order valence-electron chi connectivity index (χ1n) is 9.21. The van der Waals surface area contributed by atoms with E-state index in [4.69, 9.17) is 11.6 Å². The van der Waals surface area contributed by atoms with Crippen LogP contribution < -0.4 is 15.6 Å². The number of nitrogens with one attached hydrogen (secondary N) is 2. The molecule has 3 aromatic carbocycles. The average molecular weight is 421 g/mol. The van der Waals surface area contributed by atoms with Gasteiger partial charge in [-0.1, -0.05) is 48.0 Å². The van der Waals surface area contributed by atoms with Crippen LogP contribution in [0.3, 0.4) is 0 Å². The summed E-state index contributed by atoms with van der Waals surface area (Å²) in [6, 6.07) is 21.1. The van der Waals surface area contributed by atoms with Crippen LogP contribution in [0, 0.1) is 0 Å². The predicted molar refractivity (Wildman–Crippen MR) is 122 cm³/mol. The minimum atomic E-state index is -0.439. The van der Waals surface area contributed by atoms with Crippen molar-refractivity contribution in [3.8, 4) is 0 Å². The summed E-state index contributed by atoms with van der Waals surface area (Å²) in [6.45, 7) is 0. The number of hydrogen-bond donors (Lipinski definition) is 2. The van der Waals surface area contributed by atoms with Crippen molar-refractivity contribution in [3.05, 3.63) is 94.5 Å². The molecule has 0 saturated carbocycles. The van der Waals surface area contributed by atoms with Gasteiger partial charge in [0.1, 0.15) is 0 Å². The lowest BCUT2D eigenvalue weighted by Gasteiger charge is -2.11. The number of nitrogens with zero attached hydrogens (tertiary/aromatic N) is 2. The highest BCUT2D eigenvalue weighted by Gasteiger charge is 2.15. The molecule has 0 radical (unpaired) electrons. The van der Waals surface area contributed by atoms with Crippen LogP contribution in [0.5, 0.6) is 0 Å². The van der Waals surface area contributed by atoms with Gasteiger partial charge in [0.2, 0.25) is 0 Å². The molecule has 152 valence electrons. The van der Waals surface area contributed by atoms with E-state index in [0.717, 1.165) is 11.3 Å². The monoisotopic (exact) mass is 420 g/mol. The molecule has 0 aromatic heterocycles. The first kappa shape index (κ1) is 21.1. The molecule has 0 aliphatic rings. The molecule has 0 fully saturated rings. The summed E-state index contributed by atoms with van der Waals surface area (Å²) in [6.07, 6.45) is 1.56. The fraction of sp³-hybridized carbons (Fsp3) is 0.0870.